The molecule has 36 heavy (non-hydrogen) atoms. The molecule has 0 bridgehead atoms. The van der Waals surface area contributed by atoms with Crippen molar-refractivity contribution in [2.75, 3.05) is 38.0 Å². The molecule has 1 N–H and O–H groups in total. The van der Waals surface area contributed by atoms with E-state index in [0.29, 0.717) is 49.3 Å². The summed E-state index contributed by atoms with van der Waals surface area (Å²) in [6.45, 7) is 6.12. The Labute approximate surface area is 214 Å². The standard InChI is InChI=1S/C26H35N3O5S2/c1-20-15-21(2)19-29(18-20)36(33,34)25-8-6-7-22(16-25)26(30)17-27-23-9-11-24(12-10-23)35(31,32)28-13-4-3-5-14-28/h6-12,16,20-21,27H,3-5,13-15,17-19H2,1-2H3. The van der Waals surface area contributed by atoms with Crippen LogP contribution in [0.2, 0.25) is 0 Å². The number of rotatable bonds is 8. The minimum Gasteiger partial charge on any atom is -0.378 e. The van der Waals surface area contributed by atoms with Crippen molar-refractivity contribution >= 4 is 31.5 Å². The van der Waals surface area contributed by atoms with Gasteiger partial charge in [0.2, 0.25) is 20.0 Å². The van der Waals surface area contributed by atoms with Gasteiger partial charge in [0.15, 0.2) is 5.78 Å². The van der Waals surface area contributed by atoms with Crippen LogP contribution < -0.4 is 5.32 Å². The first-order chi connectivity index (χ1) is 17.1. The number of sulfonamides is 2. The Morgan fingerprint density at radius 3 is 2.08 bits per heavy atom. The average molecular weight is 534 g/mol. The molecule has 2 atom stereocenters. The maximum atomic E-state index is 13.2. The molecule has 0 aromatic heterocycles. The smallest absolute Gasteiger partial charge is 0.243 e. The van der Waals surface area contributed by atoms with Crippen LogP contribution in [0.4, 0.5) is 5.69 Å². The van der Waals surface area contributed by atoms with E-state index >= 15 is 0 Å². The second-order valence-electron chi connectivity index (χ2n) is 10.1. The monoisotopic (exact) mass is 533 g/mol. The number of anilines is 1. The molecule has 2 aromatic rings. The van der Waals surface area contributed by atoms with E-state index in [1.54, 1.807) is 36.4 Å². The van der Waals surface area contributed by atoms with Gasteiger partial charge >= 0.3 is 0 Å². The molecular weight excluding hydrogens is 498 g/mol. The highest BCUT2D eigenvalue weighted by atomic mass is 32.2. The van der Waals surface area contributed by atoms with E-state index in [-0.39, 0.29) is 22.1 Å². The maximum absolute atomic E-state index is 13.2. The Balaban J connectivity index is 1.40. The lowest BCUT2D eigenvalue weighted by Gasteiger charge is -2.34. The summed E-state index contributed by atoms with van der Waals surface area (Å²) in [4.78, 5) is 13.2. The highest BCUT2D eigenvalue weighted by Gasteiger charge is 2.32. The molecule has 2 heterocycles. The lowest BCUT2D eigenvalue weighted by atomic mass is 9.94. The molecule has 0 saturated carbocycles. The summed E-state index contributed by atoms with van der Waals surface area (Å²) in [5, 5.41) is 3.02. The molecule has 2 aliphatic heterocycles. The number of piperidine rings is 2. The van der Waals surface area contributed by atoms with E-state index in [9.17, 15) is 21.6 Å². The number of Topliss-reactive ketones (excluding diaryl/α,β-unsaturated/α-hetero) is 1. The van der Waals surface area contributed by atoms with Crippen LogP contribution in [0.15, 0.2) is 58.3 Å². The van der Waals surface area contributed by atoms with Crippen LogP contribution in [0.5, 0.6) is 0 Å². The van der Waals surface area contributed by atoms with Gasteiger partial charge in [-0.25, -0.2) is 16.8 Å². The van der Waals surface area contributed by atoms with E-state index < -0.39 is 20.0 Å². The molecule has 2 fully saturated rings. The second kappa shape index (κ2) is 11.0. The fourth-order valence-electron chi connectivity index (χ4n) is 5.06. The topological polar surface area (TPSA) is 104 Å². The van der Waals surface area contributed by atoms with Crippen LogP contribution in [0.3, 0.4) is 0 Å². The molecule has 0 aliphatic carbocycles. The quantitative estimate of drug-likeness (QED) is 0.518. The fourth-order valence-corrected chi connectivity index (χ4v) is 8.31. The third-order valence-electron chi connectivity index (χ3n) is 6.89. The highest BCUT2D eigenvalue weighted by molar-refractivity contribution is 7.89. The van der Waals surface area contributed by atoms with E-state index in [2.05, 4.69) is 19.2 Å². The van der Waals surface area contributed by atoms with Gasteiger partial charge in [-0.2, -0.15) is 8.61 Å². The van der Waals surface area contributed by atoms with Crippen molar-refractivity contribution in [3.63, 3.8) is 0 Å². The van der Waals surface area contributed by atoms with Crippen LogP contribution in [0.1, 0.15) is 49.9 Å². The van der Waals surface area contributed by atoms with Crippen molar-refractivity contribution in [1.29, 1.82) is 0 Å². The number of ketones is 1. The van der Waals surface area contributed by atoms with Gasteiger partial charge in [0.05, 0.1) is 16.3 Å². The normalized spacial score (nSPS) is 22.3. The predicted molar refractivity (Wildman–Crippen MR) is 140 cm³/mol. The van der Waals surface area contributed by atoms with Crippen molar-refractivity contribution in [3.05, 3.63) is 54.1 Å². The number of nitrogens with one attached hydrogen (secondary N) is 1. The van der Waals surface area contributed by atoms with E-state index in [0.717, 1.165) is 25.7 Å². The molecule has 2 aromatic carbocycles. The van der Waals surface area contributed by atoms with Gasteiger partial charge in [-0.3, -0.25) is 4.79 Å². The highest BCUT2D eigenvalue weighted by Crippen LogP contribution is 2.27. The molecule has 2 saturated heterocycles. The zero-order chi connectivity index (χ0) is 25.9. The van der Waals surface area contributed by atoms with Gasteiger partial charge in [0, 0.05) is 37.4 Å². The molecule has 2 unspecified atom stereocenters. The van der Waals surface area contributed by atoms with Crippen LogP contribution >= 0.6 is 0 Å². The molecule has 0 spiro atoms. The number of hydrogen-bond acceptors (Lipinski definition) is 6. The summed E-state index contributed by atoms with van der Waals surface area (Å²) in [6.07, 6.45) is 3.80. The number of carbonyl (C=O) groups is 1. The van der Waals surface area contributed by atoms with Crippen molar-refractivity contribution in [2.45, 2.75) is 49.3 Å². The minimum atomic E-state index is -3.68. The minimum absolute atomic E-state index is 0.0422. The first-order valence-electron chi connectivity index (χ1n) is 12.5. The van der Waals surface area contributed by atoms with Gasteiger partial charge in [-0.15, -0.1) is 0 Å². The summed E-state index contributed by atoms with van der Waals surface area (Å²) < 4.78 is 55.1. The molecule has 2 aliphatic rings. The largest absolute Gasteiger partial charge is 0.378 e. The first kappa shape index (κ1) is 26.8. The zero-order valence-corrected chi connectivity index (χ0v) is 22.5. The average Bonchev–Trinajstić information content (AvgIpc) is 2.87. The van der Waals surface area contributed by atoms with Gasteiger partial charge in [0.25, 0.3) is 0 Å². The van der Waals surface area contributed by atoms with Crippen molar-refractivity contribution in [2.24, 2.45) is 11.8 Å². The van der Waals surface area contributed by atoms with E-state index in [1.807, 2.05) is 0 Å². The summed E-state index contributed by atoms with van der Waals surface area (Å²) in [5.74, 6) is 0.329. The fraction of sp³-hybridized carbons (Fsp3) is 0.500. The summed E-state index contributed by atoms with van der Waals surface area (Å²) in [5.41, 5.74) is 0.923. The number of hydrogen-bond donors (Lipinski definition) is 1. The van der Waals surface area contributed by atoms with E-state index in [4.69, 9.17) is 0 Å². The van der Waals surface area contributed by atoms with Crippen LogP contribution in [-0.2, 0) is 20.0 Å². The van der Waals surface area contributed by atoms with Crippen molar-refractivity contribution in [1.82, 2.24) is 8.61 Å². The lowest BCUT2D eigenvalue weighted by Crippen LogP contribution is -2.42. The molecule has 0 amide bonds. The summed E-state index contributed by atoms with van der Waals surface area (Å²) >= 11 is 0. The van der Waals surface area contributed by atoms with E-state index in [1.165, 1.54) is 20.7 Å². The van der Waals surface area contributed by atoms with Gasteiger partial charge in [0.1, 0.15) is 0 Å². The first-order valence-corrected chi connectivity index (χ1v) is 15.4. The Kier molecular flexibility index (Phi) is 8.18. The van der Waals surface area contributed by atoms with Crippen LogP contribution in [0, 0.1) is 11.8 Å². The molecule has 196 valence electrons. The lowest BCUT2D eigenvalue weighted by molar-refractivity contribution is 0.101. The van der Waals surface area contributed by atoms with Crippen molar-refractivity contribution < 1.29 is 21.6 Å². The third-order valence-corrected chi connectivity index (χ3v) is 10.6. The number of nitrogens with zero attached hydrogens (tertiary/aromatic N) is 2. The van der Waals surface area contributed by atoms with Gasteiger partial charge < -0.3 is 5.32 Å². The second-order valence-corrected chi connectivity index (χ2v) is 13.9. The Morgan fingerprint density at radius 1 is 0.833 bits per heavy atom. The van der Waals surface area contributed by atoms with Crippen LogP contribution in [-0.4, -0.2) is 64.0 Å². The van der Waals surface area contributed by atoms with Crippen molar-refractivity contribution in [3.8, 4) is 0 Å². The van der Waals surface area contributed by atoms with Gasteiger partial charge in [-0.05, 0) is 67.5 Å². The number of carbonyl (C=O) groups excluding carboxylic acids is 1. The SMILES string of the molecule is CC1CC(C)CN(S(=O)(=O)c2cccc(C(=O)CNc3ccc(S(=O)(=O)N4CCCCC4)cc3)c2)C1. The summed E-state index contributed by atoms with van der Waals surface area (Å²) in [6, 6.07) is 12.6. The molecular formula is C26H35N3O5S2. The van der Waals surface area contributed by atoms with Gasteiger partial charge in [-0.1, -0.05) is 32.4 Å². The molecule has 4 rings (SSSR count). The summed E-state index contributed by atoms with van der Waals surface area (Å²) in [7, 11) is -7.19. The Hall–Kier alpha value is -2.27. The molecule has 10 heteroatoms. The predicted octanol–water partition coefficient (Wildman–Crippen LogP) is 3.82. The Bertz CT molecular complexity index is 1280. The maximum Gasteiger partial charge on any atom is 0.243 e. The Morgan fingerprint density at radius 2 is 1.44 bits per heavy atom. The molecule has 0 radical (unpaired) electrons. The number of benzene rings is 2. The zero-order valence-electron chi connectivity index (χ0n) is 20.9. The third kappa shape index (κ3) is 5.99. The molecule has 8 nitrogen and oxygen atoms in total. The van der Waals surface area contributed by atoms with Crippen LogP contribution in [0.25, 0.3) is 0 Å².